The fraction of sp³-hybridized carbons (Fsp3) is 0.565. The number of unbranched alkanes of at least 4 members (excludes halogenated alkanes) is 9. The molecule has 81 heavy (non-hydrogen) atoms. The number of ether oxygens (including phenoxy) is 5. The number of rotatable bonds is 49. The van der Waals surface area contributed by atoms with E-state index in [1.165, 1.54) is 0 Å². The molecule has 0 aromatic rings. The molecule has 1 saturated heterocycles. The van der Waals surface area contributed by atoms with Gasteiger partial charge >= 0.3 is 23.9 Å². The molecular weight excluding hydrogens is 1020 g/mol. The minimum Gasteiger partial charge on any atom is -0.479 e. The average molecular weight is 1130 g/mol. The second kappa shape index (κ2) is 54.9. The Hall–Kier alpha value is -5.66. The first kappa shape index (κ1) is 73.4. The molecule has 0 aromatic carbocycles. The summed E-state index contributed by atoms with van der Waals surface area (Å²) >= 11 is 0. The summed E-state index contributed by atoms with van der Waals surface area (Å²) in [5.74, 6) is -3.32. The lowest BCUT2D eigenvalue weighted by Gasteiger charge is -2.40. The Morgan fingerprint density at radius 1 is 0.407 bits per heavy atom. The Bertz CT molecular complexity index is 2010. The van der Waals surface area contributed by atoms with Crippen molar-refractivity contribution in [3.8, 4) is 0 Å². The van der Waals surface area contributed by atoms with Crippen LogP contribution >= 0.6 is 0 Å². The average Bonchev–Trinajstić information content (AvgIpc) is 3.46. The first-order chi connectivity index (χ1) is 39.6. The predicted molar refractivity (Wildman–Crippen MR) is 330 cm³/mol. The minimum absolute atomic E-state index is 0.00686. The summed E-state index contributed by atoms with van der Waals surface area (Å²) in [5, 5.41) is 31.5. The Morgan fingerprint density at radius 2 is 0.765 bits per heavy atom. The van der Waals surface area contributed by atoms with Crippen LogP contribution in [0.5, 0.6) is 0 Å². The maximum absolute atomic E-state index is 13.2. The molecule has 0 aliphatic carbocycles. The van der Waals surface area contributed by atoms with Gasteiger partial charge in [-0.1, -0.05) is 211 Å². The topological polar surface area (TPSA) is 175 Å². The van der Waals surface area contributed by atoms with Gasteiger partial charge in [0.1, 0.15) is 18.8 Å². The number of aliphatic carboxylic acids is 1. The summed E-state index contributed by atoms with van der Waals surface area (Å²) in [5.41, 5.74) is 0. The second-order valence-electron chi connectivity index (χ2n) is 19.8. The molecule has 1 aliphatic rings. The summed E-state index contributed by atoms with van der Waals surface area (Å²) in [7, 11) is 0. The van der Waals surface area contributed by atoms with Gasteiger partial charge in [0.25, 0.3) is 0 Å². The molecule has 0 aromatic heterocycles. The number of aliphatic hydroxyl groups excluding tert-OH is 2. The third-order valence-corrected chi connectivity index (χ3v) is 12.6. The summed E-state index contributed by atoms with van der Waals surface area (Å²) in [6.45, 7) is 5.54. The Balaban J connectivity index is 2.76. The fourth-order valence-corrected chi connectivity index (χ4v) is 8.04. The third-order valence-electron chi connectivity index (χ3n) is 12.6. The van der Waals surface area contributed by atoms with Gasteiger partial charge in [-0.05, 0) is 128 Å². The van der Waals surface area contributed by atoms with Crippen molar-refractivity contribution in [1.82, 2.24) is 0 Å². The molecule has 0 bridgehead atoms. The van der Waals surface area contributed by atoms with Gasteiger partial charge in [0.05, 0.1) is 6.61 Å². The van der Waals surface area contributed by atoms with E-state index in [2.05, 4.69) is 167 Å². The standard InChI is InChI=1S/C69H104O12/c1-4-7-10-13-16-19-22-25-27-29-31-33-35-38-40-43-46-49-52-55-61(70)77-58-60(79-62(71)56-53-50-47-44-42-39-36-34-32-30-28-26-23-20-17-14-11-8-5-2)59-78-69-67(65(74)64(73)66(81-69)68(75)76)80-63(72)57-54-51-48-45-41-37-24-21-18-15-12-9-6-3/h7-12,16-21,25-28,31-34,37-38,40-41,46,49,60,64-67,69,73-74H,4-6,13-15,22-24,29-30,35-36,39,42-45,47-48,50-59H2,1-3H3,(H,75,76)/b10-7-,11-8-,12-9-,19-16-,20-17-,21-18-,27-25-,28-26-,33-31-,34-32-,40-38-,41-37-,49-46-. The van der Waals surface area contributed by atoms with E-state index in [1.54, 1.807) is 0 Å². The highest BCUT2D eigenvalue weighted by Gasteiger charge is 2.50. The van der Waals surface area contributed by atoms with Crippen molar-refractivity contribution in [1.29, 1.82) is 0 Å². The molecular formula is C69H104O12. The number of carboxylic acid groups (broad SMARTS) is 1. The molecule has 1 fully saturated rings. The van der Waals surface area contributed by atoms with Crippen LogP contribution in [0.2, 0.25) is 0 Å². The molecule has 3 N–H and O–H groups in total. The molecule has 0 spiro atoms. The molecule has 1 rings (SSSR count). The van der Waals surface area contributed by atoms with Crippen LogP contribution in [-0.4, -0.2) is 89.2 Å². The Kier molecular flexibility index (Phi) is 49.7. The number of carbonyl (C=O) groups excluding carboxylic acids is 3. The van der Waals surface area contributed by atoms with Gasteiger partial charge in [-0.3, -0.25) is 14.4 Å². The molecule has 12 heteroatoms. The van der Waals surface area contributed by atoms with Crippen molar-refractivity contribution < 1.29 is 58.2 Å². The normalized spacial score (nSPS) is 18.9. The highest BCUT2D eigenvalue weighted by atomic mass is 16.7. The molecule has 6 atom stereocenters. The van der Waals surface area contributed by atoms with E-state index in [0.717, 1.165) is 135 Å². The third kappa shape index (κ3) is 44.7. The minimum atomic E-state index is -1.93. The van der Waals surface area contributed by atoms with Crippen LogP contribution < -0.4 is 0 Å². The van der Waals surface area contributed by atoms with Crippen molar-refractivity contribution in [2.45, 2.75) is 237 Å². The number of esters is 3. The first-order valence-electron chi connectivity index (χ1n) is 30.5. The maximum Gasteiger partial charge on any atom is 0.335 e. The van der Waals surface area contributed by atoms with Crippen molar-refractivity contribution in [2.75, 3.05) is 13.2 Å². The summed E-state index contributed by atoms with van der Waals surface area (Å²) in [6, 6.07) is 0. The largest absolute Gasteiger partial charge is 0.479 e. The predicted octanol–water partition coefficient (Wildman–Crippen LogP) is 16.1. The van der Waals surface area contributed by atoms with E-state index in [9.17, 15) is 34.5 Å². The van der Waals surface area contributed by atoms with Gasteiger partial charge in [0, 0.05) is 19.3 Å². The van der Waals surface area contributed by atoms with Crippen LogP contribution in [0.15, 0.2) is 158 Å². The number of hydrogen-bond acceptors (Lipinski definition) is 11. The maximum atomic E-state index is 13.2. The van der Waals surface area contributed by atoms with Crippen LogP contribution in [0, 0.1) is 0 Å². The van der Waals surface area contributed by atoms with Crippen molar-refractivity contribution >= 4 is 23.9 Å². The van der Waals surface area contributed by atoms with Gasteiger partial charge in [-0.25, -0.2) is 4.79 Å². The quantitative estimate of drug-likeness (QED) is 0.0228. The van der Waals surface area contributed by atoms with Crippen molar-refractivity contribution in [2.24, 2.45) is 0 Å². The molecule has 0 saturated carbocycles. The van der Waals surface area contributed by atoms with Crippen LogP contribution in [-0.2, 0) is 42.9 Å². The zero-order valence-electron chi connectivity index (χ0n) is 49.7. The highest BCUT2D eigenvalue weighted by molar-refractivity contribution is 5.74. The molecule has 1 aliphatic heterocycles. The number of carbonyl (C=O) groups is 4. The SMILES string of the molecule is CC/C=C\C/C=C\C/C=C\C/C=C\C/C=C\C/C=C\CCC(=O)OCC(COC1OC(C(=O)O)C(O)C(O)C1OC(=O)CCCCC/C=C\C/C=C\C/C=C\CC)OC(=O)CCCCCCCC/C=C\C/C=C\C/C=C\C/C=C\CC. The molecule has 6 unspecified atom stereocenters. The number of aliphatic hydroxyl groups is 2. The Labute approximate surface area is 488 Å². The summed E-state index contributed by atoms with van der Waals surface area (Å²) < 4.78 is 28.3. The lowest BCUT2D eigenvalue weighted by Crippen LogP contribution is -2.61. The monoisotopic (exact) mass is 1120 g/mol. The van der Waals surface area contributed by atoms with E-state index in [-0.39, 0.29) is 25.9 Å². The first-order valence-corrected chi connectivity index (χ1v) is 30.5. The molecule has 452 valence electrons. The van der Waals surface area contributed by atoms with Crippen LogP contribution in [0.1, 0.15) is 201 Å². The highest BCUT2D eigenvalue weighted by Crippen LogP contribution is 2.26. The van der Waals surface area contributed by atoms with E-state index < -0.39 is 67.3 Å². The van der Waals surface area contributed by atoms with Gasteiger partial charge in [-0.15, -0.1) is 0 Å². The fourth-order valence-electron chi connectivity index (χ4n) is 8.04. The van der Waals surface area contributed by atoms with Crippen molar-refractivity contribution in [3.05, 3.63) is 158 Å². The lowest BCUT2D eigenvalue weighted by atomic mass is 9.98. The smallest absolute Gasteiger partial charge is 0.335 e. The van der Waals surface area contributed by atoms with Crippen LogP contribution in [0.3, 0.4) is 0 Å². The molecule has 0 amide bonds. The second-order valence-corrected chi connectivity index (χ2v) is 19.8. The lowest BCUT2D eigenvalue weighted by molar-refractivity contribution is -0.301. The molecule has 12 nitrogen and oxygen atoms in total. The van der Waals surface area contributed by atoms with E-state index in [4.69, 9.17) is 23.7 Å². The van der Waals surface area contributed by atoms with Crippen LogP contribution in [0.25, 0.3) is 0 Å². The zero-order valence-corrected chi connectivity index (χ0v) is 49.7. The molecule has 0 radical (unpaired) electrons. The van der Waals surface area contributed by atoms with Crippen LogP contribution in [0.4, 0.5) is 0 Å². The van der Waals surface area contributed by atoms with Gasteiger partial charge in [0.2, 0.25) is 0 Å². The van der Waals surface area contributed by atoms with E-state index in [0.29, 0.717) is 25.7 Å². The van der Waals surface area contributed by atoms with Gasteiger partial charge in [-0.2, -0.15) is 0 Å². The Morgan fingerprint density at radius 3 is 1.19 bits per heavy atom. The number of hydrogen-bond donors (Lipinski definition) is 3. The number of carboxylic acids is 1. The summed E-state index contributed by atoms with van der Waals surface area (Å²) in [4.78, 5) is 51.2. The van der Waals surface area contributed by atoms with Crippen molar-refractivity contribution in [3.63, 3.8) is 0 Å². The van der Waals surface area contributed by atoms with Gasteiger partial charge < -0.3 is 39.0 Å². The zero-order chi connectivity index (χ0) is 58.9. The number of allylic oxidation sites excluding steroid dienone is 26. The summed E-state index contributed by atoms with van der Waals surface area (Å²) in [6.07, 6.45) is 67.9. The van der Waals surface area contributed by atoms with E-state index >= 15 is 0 Å². The molecule has 1 heterocycles. The van der Waals surface area contributed by atoms with E-state index in [1.807, 2.05) is 12.2 Å². The van der Waals surface area contributed by atoms with Gasteiger partial charge in [0.15, 0.2) is 24.6 Å².